The molecule has 1 N–H and O–H groups in total. The third-order valence-electron chi connectivity index (χ3n) is 6.90. The highest BCUT2D eigenvalue weighted by atomic mass is 16.5. The quantitative estimate of drug-likeness (QED) is 0.188. The number of rotatable bonds is 18. The molecular weight excluding hydrogens is 494 g/mol. The molecule has 0 bridgehead atoms. The Hall–Kier alpha value is -3.62. The first-order valence-corrected chi connectivity index (χ1v) is 14.0. The lowest BCUT2D eigenvalue weighted by Gasteiger charge is -2.20. The van der Waals surface area contributed by atoms with Gasteiger partial charge in [0.25, 0.3) is 0 Å². The minimum atomic E-state index is -0.721. The van der Waals surface area contributed by atoms with Crippen LogP contribution in [-0.2, 0) is 11.3 Å². The molecule has 0 aliphatic rings. The predicted molar refractivity (Wildman–Crippen MR) is 153 cm³/mol. The number of unbranched alkanes of at least 4 members (excludes halogenated alkanes) is 9. The summed E-state index contributed by atoms with van der Waals surface area (Å²) in [4.78, 5) is 13.8. The van der Waals surface area contributed by atoms with Gasteiger partial charge in [-0.1, -0.05) is 95.0 Å². The number of methoxy groups -OCH3 is 3. The molecule has 0 saturated heterocycles. The number of aromatic nitrogens is 4. The number of hydrogen-bond donors (Lipinski definition) is 1. The second-order valence-corrected chi connectivity index (χ2v) is 9.68. The number of nitrogens with one attached hydrogen (secondary N) is 1. The van der Waals surface area contributed by atoms with Crippen molar-refractivity contribution in [3.63, 3.8) is 0 Å². The normalized spacial score (nSPS) is 11.7. The summed E-state index contributed by atoms with van der Waals surface area (Å²) in [5.74, 6) is 0.901. The van der Waals surface area contributed by atoms with Crippen molar-refractivity contribution in [2.24, 2.45) is 0 Å². The molecule has 212 valence electrons. The second-order valence-electron chi connectivity index (χ2n) is 9.68. The van der Waals surface area contributed by atoms with Crippen LogP contribution in [0.15, 0.2) is 42.5 Å². The Morgan fingerprint density at radius 2 is 1.44 bits per heavy atom. The van der Waals surface area contributed by atoms with Gasteiger partial charge in [-0.2, -0.15) is 0 Å². The number of aryl methyl sites for hydroxylation is 1. The van der Waals surface area contributed by atoms with E-state index in [4.69, 9.17) is 14.2 Å². The van der Waals surface area contributed by atoms with Crippen LogP contribution in [0, 0.1) is 0 Å². The van der Waals surface area contributed by atoms with Crippen molar-refractivity contribution < 1.29 is 19.0 Å². The van der Waals surface area contributed by atoms with E-state index in [-0.39, 0.29) is 5.91 Å². The van der Waals surface area contributed by atoms with Crippen LogP contribution in [0.5, 0.6) is 17.2 Å². The maximum atomic E-state index is 13.8. The lowest BCUT2D eigenvalue weighted by Crippen LogP contribution is -2.26. The lowest BCUT2D eigenvalue weighted by molar-refractivity contribution is -0.117. The minimum absolute atomic E-state index is 0.290. The van der Waals surface area contributed by atoms with E-state index < -0.39 is 5.92 Å². The second kappa shape index (κ2) is 16.4. The van der Waals surface area contributed by atoms with Crippen molar-refractivity contribution in [1.29, 1.82) is 0 Å². The number of amides is 1. The highest BCUT2D eigenvalue weighted by molar-refractivity contribution is 6.00. The van der Waals surface area contributed by atoms with Crippen LogP contribution in [0.25, 0.3) is 0 Å². The number of hydrogen-bond acceptors (Lipinski definition) is 7. The van der Waals surface area contributed by atoms with Gasteiger partial charge in [-0.05, 0) is 22.4 Å². The van der Waals surface area contributed by atoms with E-state index in [0.29, 0.717) is 35.3 Å². The van der Waals surface area contributed by atoms with Gasteiger partial charge < -0.3 is 19.5 Å². The fourth-order valence-electron chi connectivity index (χ4n) is 4.71. The summed E-state index contributed by atoms with van der Waals surface area (Å²) in [5.41, 5.74) is 1.21. The maximum absolute atomic E-state index is 13.8. The van der Waals surface area contributed by atoms with Gasteiger partial charge in [0.05, 0.1) is 21.3 Å². The number of carbonyl (C=O) groups is 1. The largest absolute Gasteiger partial charge is 0.496 e. The highest BCUT2D eigenvalue weighted by Gasteiger charge is 2.30. The molecule has 0 spiro atoms. The minimum Gasteiger partial charge on any atom is -0.496 e. The third-order valence-corrected chi connectivity index (χ3v) is 6.90. The first kappa shape index (κ1) is 29.9. The van der Waals surface area contributed by atoms with Gasteiger partial charge in [0.2, 0.25) is 5.91 Å². The van der Waals surface area contributed by atoms with E-state index >= 15 is 0 Å². The molecule has 1 unspecified atom stereocenters. The Morgan fingerprint density at radius 3 is 2.00 bits per heavy atom. The summed E-state index contributed by atoms with van der Waals surface area (Å²) in [6.07, 6.45) is 12.5. The van der Waals surface area contributed by atoms with E-state index in [1.165, 1.54) is 65.6 Å². The Morgan fingerprint density at radius 1 is 0.846 bits per heavy atom. The molecule has 0 fully saturated rings. The van der Waals surface area contributed by atoms with Crippen LogP contribution in [0.4, 0.5) is 5.69 Å². The SMILES string of the molecule is CCCCCCCCCCCCn1nnnc1C(C(=O)Nc1c(OC)cc(OC)cc1OC)c1ccccc1. The van der Waals surface area contributed by atoms with Crippen molar-refractivity contribution in [3.8, 4) is 17.2 Å². The molecule has 0 saturated carbocycles. The van der Waals surface area contributed by atoms with Crippen molar-refractivity contribution in [2.45, 2.75) is 83.6 Å². The molecule has 9 heteroatoms. The number of carbonyl (C=O) groups excluding carboxylic acids is 1. The number of tetrazole rings is 1. The Balaban J connectivity index is 1.71. The molecule has 1 amide bonds. The molecule has 39 heavy (non-hydrogen) atoms. The molecule has 0 aliphatic carbocycles. The van der Waals surface area contributed by atoms with Gasteiger partial charge in [-0.15, -0.1) is 5.10 Å². The topological polar surface area (TPSA) is 100 Å². The lowest BCUT2D eigenvalue weighted by atomic mass is 9.97. The standard InChI is InChI=1S/C30H43N5O4/c1-5-6-7-8-9-10-11-12-13-17-20-35-29(32-33-34-35)27(23-18-15-14-16-19-23)30(36)31-28-25(38-3)21-24(37-2)22-26(28)39-4/h14-16,18-19,21-22,27H,5-13,17,20H2,1-4H3,(H,31,36). The molecule has 1 heterocycles. The van der Waals surface area contributed by atoms with Crippen LogP contribution < -0.4 is 19.5 Å². The van der Waals surface area contributed by atoms with E-state index in [1.54, 1.807) is 23.9 Å². The van der Waals surface area contributed by atoms with Gasteiger partial charge in [0.1, 0.15) is 28.9 Å². The van der Waals surface area contributed by atoms with E-state index in [1.807, 2.05) is 30.3 Å². The average molecular weight is 538 g/mol. The number of anilines is 1. The van der Waals surface area contributed by atoms with Crippen molar-refractivity contribution in [3.05, 3.63) is 53.9 Å². The number of benzene rings is 2. The van der Waals surface area contributed by atoms with Crippen LogP contribution >= 0.6 is 0 Å². The zero-order valence-electron chi connectivity index (χ0n) is 23.8. The molecule has 2 aromatic carbocycles. The Kier molecular flexibility index (Phi) is 12.6. The zero-order valence-corrected chi connectivity index (χ0v) is 23.8. The molecule has 9 nitrogen and oxygen atoms in total. The van der Waals surface area contributed by atoms with Crippen LogP contribution in [0.1, 0.15) is 88.4 Å². The average Bonchev–Trinajstić information content (AvgIpc) is 3.42. The number of ether oxygens (including phenoxy) is 3. The predicted octanol–water partition coefficient (Wildman–Crippen LogP) is 6.39. The summed E-state index contributed by atoms with van der Waals surface area (Å²) in [6.45, 7) is 2.91. The highest BCUT2D eigenvalue weighted by Crippen LogP contribution is 2.40. The van der Waals surface area contributed by atoms with Crippen LogP contribution in [-0.4, -0.2) is 47.4 Å². The van der Waals surface area contributed by atoms with E-state index in [0.717, 1.165) is 18.4 Å². The van der Waals surface area contributed by atoms with Gasteiger partial charge in [-0.25, -0.2) is 4.68 Å². The molecule has 3 aromatic rings. The summed E-state index contributed by atoms with van der Waals surface area (Å²) >= 11 is 0. The van der Waals surface area contributed by atoms with Crippen molar-refractivity contribution in [2.75, 3.05) is 26.6 Å². The molecule has 3 rings (SSSR count). The first-order chi connectivity index (χ1) is 19.1. The summed E-state index contributed by atoms with van der Waals surface area (Å²) in [6, 6.07) is 12.9. The van der Waals surface area contributed by atoms with Crippen molar-refractivity contribution >= 4 is 11.6 Å². The summed E-state index contributed by atoms with van der Waals surface area (Å²) in [7, 11) is 4.63. The van der Waals surface area contributed by atoms with Crippen LogP contribution in [0.3, 0.4) is 0 Å². The van der Waals surface area contributed by atoms with E-state index in [2.05, 4.69) is 27.8 Å². The summed E-state index contributed by atoms with van der Waals surface area (Å²) < 4.78 is 18.1. The smallest absolute Gasteiger partial charge is 0.239 e. The van der Waals surface area contributed by atoms with Gasteiger partial charge in [-0.3, -0.25) is 4.79 Å². The third kappa shape index (κ3) is 8.70. The van der Waals surface area contributed by atoms with Crippen molar-refractivity contribution in [1.82, 2.24) is 20.2 Å². The monoisotopic (exact) mass is 537 g/mol. The van der Waals surface area contributed by atoms with E-state index in [9.17, 15) is 4.79 Å². The zero-order chi connectivity index (χ0) is 27.9. The Labute approximate surface area is 232 Å². The maximum Gasteiger partial charge on any atom is 0.239 e. The van der Waals surface area contributed by atoms with Gasteiger partial charge in [0.15, 0.2) is 5.82 Å². The first-order valence-electron chi connectivity index (χ1n) is 14.0. The van der Waals surface area contributed by atoms with Gasteiger partial charge in [0, 0.05) is 18.7 Å². The molecule has 0 aliphatic heterocycles. The fraction of sp³-hybridized carbons (Fsp3) is 0.533. The molecular formula is C30H43N5O4. The molecule has 0 radical (unpaired) electrons. The fourth-order valence-corrected chi connectivity index (χ4v) is 4.71. The van der Waals surface area contributed by atoms with Gasteiger partial charge >= 0.3 is 0 Å². The summed E-state index contributed by atoms with van der Waals surface area (Å²) in [5, 5.41) is 15.4. The molecule has 1 aromatic heterocycles. The van der Waals surface area contributed by atoms with Crippen LogP contribution in [0.2, 0.25) is 0 Å². The Bertz CT molecular complexity index is 1110. The number of nitrogens with zero attached hydrogens (tertiary/aromatic N) is 4. The molecule has 1 atom stereocenters.